The first-order valence-corrected chi connectivity index (χ1v) is 6.74. The van der Waals surface area contributed by atoms with Crippen LogP contribution in [-0.2, 0) is 0 Å². The fourth-order valence-corrected chi connectivity index (χ4v) is 3.02. The summed E-state index contributed by atoms with van der Waals surface area (Å²) in [7, 11) is 1.94. The number of benzene rings is 1. The molecule has 0 bridgehead atoms. The molecule has 3 nitrogen and oxygen atoms in total. The maximum absolute atomic E-state index is 14.2. The number of likely N-dealkylation sites (tertiary alicyclic amines) is 1. The monoisotopic (exact) mass is 279 g/mol. The Balaban J connectivity index is 2.02. The van der Waals surface area contributed by atoms with E-state index in [2.05, 4.69) is 9.97 Å². The number of halogens is 2. The third-order valence-corrected chi connectivity index (χ3v) is 4.09. The molecule has 2 atom stereocenters. The van der Waals surface area contributed by atoms with Gasteiger partial charge in [0.2, 0.25) is 0 Å². The third-order valence-electron chi connectivity index (χ3n) is 3.77. The number of nitrogens with zero attached hydrogens (tertiary/aromatic N) is 3. The average Bonchev–Trinajstić information content (AvgIpc) is 2.38. The lowest BCUT2D eigenvalue weighted by molar-refractivity contribution is 0.139. The summed E-state index contributed by atoms with van der Waals surface area (Å²) in [5, 5.41) is 1.50. The van der Waals surface area contributed by atoms with Gasteiger partial charge in [0.05, 0.1) is 5.52 Å². The molecule has 0 amide bonds. The molecule has 1 saturated heterocycles. The van der Waals surface area contributed by atoms with Crippen LogP contribution in [0.4, 0.5) is 4.39 Å². The highest BCUT2D eigenvalue weighted by molar-refractivity contribution is 6.32. The SMILES string of the molecule is CN1CCC(c2cc3ncncc3cc2Cl)C(F)C1. The van der Waals surface area contributed by atoms with Crippen LogP contribution in [0.15, 0.2) is 24.7 Å². The molecule has 100 valence electrons. The van der Waals surface area contributed by atoms with E-state index in [1.54, 1.807) is 6.20 Å². The van der Waals surface area contributed by atoms with Crippen molar-refractivity contribution in [3.63, 3.8) is 0 Å². The van der Waals surface area contributed by atoms with E-state index in [0.717, 1.165) is 29.4 Å². The second-order valence-corrected chi connectivity index (χ2v) is 5.54. The number of fused-ring (bicyclic) bond motifs is 1. The Kier molecular flexibility index (Phi) is 3.37. The molecule has 2 unspecified atom stereocenters. The van der Waals surface area contributed by atoms with Crippen LogP contribution in [0, 0.1) is 0 Å². The molecule has 0 radical (unpaired) electrons. The lowest BCUT2D eigenvalue weighted by atomic mass is 9.87. The zero-order chi connectivity index (χ0) is 13.4. The molecule has 3 rings (SSSR count). The van der Waals surface area contributed by atoms with E-state index in [1.807, 2.05) is 24.1 Å². The number of piperidine rings is 1. The predicted molar refractivity (Wildman–Crippen MR) is 74.3 cm³/mol. The van der Waals surface area contributed by atoms with Crippen molar-refractivity contribution in [2.45, 2.75) is 18.5 Å². The van der Waals surface area contributed by atoms with Crippen molar-refractivity contribution in [1.82, 2.24) is 14.9 Å². The van der Waals surface area contributed by atoms with Crippen molar-refractivity contribution >= 4 is 22.5 Å². The molecule has 0 saturated carbocycles. The highest BCUT2D eigenvalue weighted by Gasteiger charge is 2.30. The van der Waals surface area contributed by atoms with Crippen LogP contribution in [0.5, 0.6) is 0 Å². The van der Waals surface area contributed by atoms with Gasteiger partial charge in [-0.1, -0.05) is 11.6 Å². The topological polar surface area (TPSA) is 29.0 Å². The molecule has 0 N–H and O–H groups in total. The fourth-order valence-electron chi connectivity index (χ4n) is 2.71. The van der Waals surface area contributed by atoms with E-state index < -0.39 is 6.17 Å². The zero-order valence-electron chi connectivity index (χ0n) is 10.7. The third kappa shape index (κ3) is 2.42. The normalized spacial score (nSPS) is 24.8. The summed E-state index contributed by atoms with van der Waals surface area (Å²) in [5.74, 6) is -0.136. The van der Waals surface area contributed by atoms with Gasteiger partial charge in [-0.25, -0.2) is 14.4 Å². The summed E-state index contributed by atoms with van der Waals surface area (Å²) in [6.07, 6.45) is 3.13. The van der Waals surface area contributed by atoms with Crippen molar-refractivity contribution in [2.75, 3.05) is 20.1 Å². The highest BCUT2D eigenvalue weighted by Crippen LogP contribution is 2.36. The fraction of sp³-hybridized carbons (Fsp3) is 0.429. The Hall–Kier alpha value is -1.26. The summed E-state index contributed by atoms with van der Waals surface area (Å²) < 4.78 is 14.2. The van der Waals surface area contributed by atoms with Gasteiger partial charge in [0.1, 0.15) is 12.5 Å². The Bertz CT molecular complexity index is 604. The maximum atomic E-state index is 14.2. The van der Waals surface area contributed by atoms with Crippen molar-refractivity contribution in [2.24, 2.45) is 0 Å². The highest BCUT2D eigenvalue weighted by atomic mass is 35.5. The van der Waals surface area contributed by atoms with E-state index >= 15 is 0 Å². The number of rotatable bonds is 1. The molecule has 0 aliphatic carbocycles. The number of hydrogen-bond acceptors (Lipinski definition) is 3. The lowest BCUT2D eigenvalue weighted by Gasteiger charge is -2.33. The van der Waals surface area contributed by atoms with Gasteiger partial charge in [-0.15, -0.1) is 0 Å². The summed E-state index contributed by atoms with van der Waals surface area (Å²) in [6, 6.07) is 3.74. The molecular formula is C14H15ClFN3. The van der Waals surface area contributed by atoms with Crippen LogP contribution in [0.25, 0.3) is 10.9 Å². The Labute approximate surface area is 116 Å². The molecule has 2 heterocycles. The summed E-state index contributed by atoms with van der Waals surface area (Å²) >= 11 is 6.30. The maximum Gasteiger partial charge on any atom is 0.120 e. The molecule has 1 aliphatic rings. The largest absolute Gasteiger partial charge is 0.303 e. The van der Waals surface area contributed by atoms with Gasteiger partial charge in [0.25, 0.3) is 0 Å². The minimum absolute atomic E-state index is 0.136. The van der Waals surface area contributed by atoms with Gasteiger partial charge in [0.15, 0.2) is 0 Å². The standard InChI is InChI=1S/C14H15ClFN3/c1-19-3-2-10(13(16)7-19)11-5-14-9(4-12(11)15)6-17-8-18-14/h4-6,8,10,13H,2-3,7H2,1H3. The Morgan fingerprint density at radius 1 is 1.42 bits per heavy atom. The molecule has 1 aromatic heterocycles. The van der Waals surface area contributed by atoms with Gasteiger partial charge < -0.3 is 4.90 Å². The van der Waals surface area contributed by atoms with Gasteiger partial charge >= 0.3 is 0 Å². The van der Waals surface area contributed by atoms with Gasteiger partial charge in [-0.3, -0.25) is 0 Å². The molecule has 1 aromatic carbocycles. The first-order chi connectivity index (χ1) is 9.15. The average molecular weight is 280 g/mol. The summed E-state index contributed by atoms with van der Waals surface area (Å²) in [5.41, 5.74) is 1.69. The number of alkyl halides is 1. The Morgan fingerprint density at radius 2 is 2.26 bits per heavy atom. The number of aromatic nitrogens is 2. The van der Waals surface area contributed by atoms with Gasteiger partial charge in [0, 0.05) is 29.1 Å². The minimum Gasteiger partial charge on any atom is -0.303 e. The van der Waals surface area contributed by atoms with Crippen LogP contribution >= 0.6 is 11.6 Å². The molecule has 2 aromatic rings. The zero-order valence-corrected chi connectivity index (χ0v) is 11.4. The van der Waals surface area contributed by atoms with E-state index in [1.165, 1.54) is 6.33 Å². The smallest absolute Gasteiger partial charge is 0.120 e. The summed E-state index contributed by atoms with van der Waals surface area (Å²) in [6.45, 7) is 1.35. The molecule has 19 heavy (non-hydrogen) atoms. The first kappa shape index (κ1) is 12.8. The lowest BCUT2D eigenvalue weighted by Crippen LogP contribution is -2.38. The van der Waals surface area contributed by atoms with Crippen molar-refractivity contribution in [3.8, 4) is 0 Å². The van der Waals surface area contributed by atoms with E-state index in [-0.39, 0.29) is 5.92 Å². The first-order valence-electron chi connectivity index (χ1n) is 6.37. The molecular weight excluding hydrogens is 265 g/mol. The molecule has 5 heteroatoms. The van der Waals surface area contributed by atoms with Crippen LogP contribution < -0.4 is 0 Å². The molecule has 1 aliphatic heterocycles. The Morgan fingerprint density at radius 3 is 3.05 bits per heavy atom. The number of hydrogen-bond donors (Lipinski definition) is 0. The van der Waals surface area contributed by atoms with Crippen LogP contribution in [0.2, 0.25) is 5.02 Å². The second kappa shape index (κ2) is 5.02. The van der Waals surface area contributed by atoms with Crippen molar-refractivity contribution < 1.29 is 4.39 Å². The van der Waals surface area contributed by atoms with E-state index in [9.17, 15) is 4.39 Å². The van der Waals surface area contributed by atoms with Crippen LogP contribution in [-0.4, -0.2) is 41.2 Å². The minimum atomic E-state index is -0.879. The van der Waals surface area contributed by atoms with Crippen LogP contribution in [0.3, 0.4) is 0 Å². The molecule has 0 spiro atoms. The summed E-state index contributed by atoms with van der Waals surface area (Å²) in [4.78, 5) is 10.2. The van der Waals surface area contributed by atoms with Crippen molar-refractivity contribution in [3.05, 3.63) is 35.2 Å². The van der Waals surface area contributed by atoms with Crippen molar-refractivity contribution in [1.29, 1.82) is 0 Å². The van der Waals surface area contributed by atoms with Crippen LogP contribution in [0.1, 0.15) is 17.9 Å². The molecule has 1 fully saturated rings. The predicted octanol–water partition coefficient (Wildman–Crippen LogP) is 3.04. The quantitative estimate of drug-likeness (QED) is 0.803. The van der Waals surface area contributed by atoms with E-state index in [0.29, 0.717) is 11.6 Å². The van der Waals surface area contributed by atoms with E-state index in [4.69, 9.17) is 11.6 Å². The van der Waals surface area contributed by atoms with Gasteiger partial charge in [-0.2, -0.15) is 0 Å². The second-order valence-electron chi connectivity index (χ2n) is 5.13. The van der Waals surface area contributed by atoms with Gasteiger partial charge in [-0.05, 0) is 37.7 Å².